The first-order valence-corrected chi connectivity index (χ1v) is 8.01. The Morgan fingerprint density at radius 1 is 1.10 bits per heavy atom. The summed E-state index contributed by atoms with van der Waals surface area (Å²) in [5.41, 5.74) is 0.527. The molecule has 6 heteroatoms. The van der Waals surface area contributed by atoms with Gasteiger partial charge in [0.1, 0.15) is 11.6 Å². The Hall–Kier alpha value is -1.46. The number of rotatable bonds is 3. The predicted molar refractivity (Wildman–Crippen MR) is 73.6 cm³/mol. The SMILES string of the molecule is CS(=O)(=O)c1cccc(C(Cl)c2ccc(F)cc2F)c1. The van der Waals surface area contributed by atoms with Gasteiger partial charge in [-0.1, -0.05) is 18.2 Å². The molecule has 0 aromatic heterocycles. The van der Waals surface area contributed by atoms with Crippen molar-refractivity contribution in [3.8, 4) is 0 Å². The highest BCUT2D eigenvalue weighted by atomic mass is 35.5. The van der Waals surface area contributed by atoms with E-state index < -0.39 is 26.8 Å². The van der Waals surface area contributed by atoms with Crippen molar-refractivity contribution in [3.63, 3.8) is 0 Å². The molecular weight excluding hydrogens is 306 g/mol. The molecule has 0 bridgehead atoms. The molecule has 0 saturated carbocycles. The number of sulfone groups is 1. The summed E-state index contributed by atoms with van der Waals surface area (Å²) >= 11 is 6.15. The van der Waals surface area contributed by atoms with Gasteiger partial charge in [0.05, 0.1) is 10.3 Å². The molecule has 0 aliphatic rings. The van der Waals surface area contributed by atoms with E-state index in [4.69, 9.17) is 11.6 Å². The van der Waals surface area contributed by atoms with E-state index in [2.05, 4.69) is 0 Å². The second kappa shape index (κ2) is 5.50. The van der Waals surface area contributed by atoms with Crippen LogP contribution in [-0.4, -0.2) is 14.7 Å². The van der Waals surface area contributed by atoms with E-state index in [0.717, 1.165) is 18.4 Å². The Labute approximate surface area is 120 Å². The summed E-state index contributed by atoms with van der Waals surface area (Å²) in [6.45, 7) is 0. The molecule has 1 atom stereocenters. The van der Waals surface area contributed by atoms with Crippen molar-refractivity contribution in [2.24, 2.45) is 0 Å². The first kappa shape index (κ1) is 14.9. The maximum Gasteiger partial charge on any atom is 0.175 e. The van der Waals surface area contributed by atoms with E-state index in [1.165, 1.54) is 24.3 Å². The summed E-state index contributed by atoms with van der Waals surface area (Å²) < 4.78 is 49.5. The number of hydrogen-bond acceptors (Lipinski definition) is 2. The van der Waals surface area contributed by atoms with Crippen LogP contribution in [0.3, 0.4) is 0 Å². The lowest BCUT2D eigenvalue weighted by Crippen LogP contribution is -2.01. The number of hydrogen-bond donors (Lipinski definition) is 0. The maximum atomic E-state index is 13.7. The van der Waals surface area contributed by atoms with Crippen molar-refractivity contribution in [3.05, 3.63) is 65.2 Å². The molecule has 0 saturated heterocycles. The third-order valence-electron chi connectivity index (χ3n) is 2.81. The van der Waals surface area contributed by atoms with Crippen LogP contribution in [0.5, 0.6) is 0 Å². The van der Waals surface area contributed by atoms with Gasteiger partial charge in [0.25, 0.3) is 0 Å². The van der Waals surface area contributed by atoms with Crippen molar-refractivity contribution in [1.29, 1.82) is 0 Å². The van der Waals surface area contributed by atoms with Crippen molar-refractivity contribution in [1.82, 2.24) is 0 Å². The summed E-state index contributed by atoms with van der Waals surface area (Å²) in [5.74, 6) is -1.46. The van der Waals surface area contributed by atoms with Gasteiger partial charge in [-0.3, -0.25) is 0 Å². The van der Waals surface area contributed by atoms with Crippen molar-refractivity contribution < 1.29 is 17.2 Å². The van der Waals surface area contributed by atoms with Crippen LogP contribution in [0, 0.1) is 11.6 Å². The van der Waals surface area contributed by atoms with Crippen molar-refractivity contribution >= 4 is 21.4 Å². The fraction of sp³-hybridized carbons (Fsp3) is 0.143. The molecular formula is C14H11ClF2O2S. The molecule has 2 nitrogen and oxygen atoms in total. The van der Waals surface area contributed by atoms with Gasteiger partial charge < -0.3 is 0 Å². The minimum absolute atomic E-state index is 0.0960. The molecule has 106 valence electrons. The summed E-state index contributed by atoms with van der Waals surface area (Å²) in [4.78, 5) is 0.100. The zero-order chi connectivity index (χ0) is 14.9. The van der Waals surface area contributed by atoms with Gasteiger partial charge >= 0.3 is 0 Å². The number of halogens is 3. The minimum Gasteiger partial charge on any atom is -0.224 e. The van der Waals surface area contributed by atoms with E-state index in [-0.39, 0.29) is 10.5 Å². The van der Waals surface area contributed by atoms with Gasteiger partial charge in [-0.05, 0) is 23.8 Å². The Kier molecular flexibility index (Phi) is 4.11. The zero-order valence-corrected chi connectivity index (χ0v) is 12.0. The molecule has 0 N–H and O–H groups in total. The highest BCUT2D eigenvalue weighted by molar-refractivity contribution is 7.90. The molecule has 0 radical (unpaired) electrons. The quantitative estimate of drug-likeness (QED) is 0.809. The average molecular weight is 317 g/mol. The third-order valence-corrected chi connectivity index (χ3v) is 4.41. The van der Waals surface area contributed by atoms with Gasteiger partial charge in [-0.15, -0.1) is 11.6 Å². The normalized spacial score (nSPS) is 13.2. The predicted octanol–water partition coefficient (Wildman–Crippen LogP) is 3.70. The average Bonchev–Trinajstić information content (AvgIpc) is 2.37. The van der Waals surface area contributed by atoms with E-state index in [1.54, 1.807) is 6.07 Å². The van der Waals surface area contributed by atoms with Gasteiger partial charge in [0, 0.05) is 17.9 Å². The van der Waals surface area contributed by atoms with Crippen molar-refractivity contribution in [2.45, 2.75) is 10.3 Å². The second-order valence-corrected chi connectivity index (χ2v) is 6.83. The zero-order valence-electron chi connectivity index (χ0n) is 10.5. The first-order chi connectivity index (χ1) is 9.29. The summed E-state index contributed by atoms with van der Waals surface area (Å²) in [6.07, 6.45) is 1.08. The Bertz CT molecular complexity index is 745. The molecule has 2 aromatic carbocycles. The topological polar surface area (TPSA) is 34.1 Å². The molecule has 0 spiro atoms. The highest BCUT2D eigenvalue weighted by Gasteiger charge is 2.17. The van der Waals surface area contributed by atoms with Gasteiger partial charge in [0.15, 0.2) is 9.84 Å². The summed E-state index contributed by atoms with van der Waals surface area (Å²) in [6, 6.07) is 9.03. The van der Waals surface area contributed by atoms with Gasteiger partial charge in [0.2, 0.25) is 0 Å². The summed E-state index contributed by atoms with van der Waals surface area (Å²) in [7, 11) is -3.37. The van der Waals surface area contributed by atoms with Crippen LogP contribution in [0.2, 0.25) is 0 Å². The maximum absolute atomic E-state index is 13.7. The number of benzene rings is 2. The molecule has 0 heterocycles. The monoisotopic (exact) mass is 316 g/mol. The van der Waals surface area contributed by atoms with E-state index in [1.807, 2.05) is 0 Å². The lowest BCUT2D eigenvalue weighted by molar-refractivity contribution is 0.573. The van der Waals surface area contributed by atoms with Crippen LogP contribution >= 0.6 is 11.6 Å². The van der Waals surface area contributed by atoms with Gasteiger partial charge in [-0.25, -0.2) is 17.2 Å². The lowest BCUT2D eigenvalue weighted by atomic mass is 10.0. The van der Waals surface area contributed by atoms with E-state index in [0.29, 0.717) is 5.56 Å². The second-order valence-electron chi connectivity index (χ2n) is 4.37. The Balaban J connectivity index is 2.46. The van der Waals surface area contributed by atoms with E-state index >= 15 is 0 Å². The minimum atomic E-state index is -3.37. The third kappa shape index (κ3) is 3.16. The van der Waals surface area contributed by atoms with E-state index in [9.17, 15) is 17.2 Å². The standard InChI is InChI=1S/C14H11ClF2O2S/c1-20(18,19)11-4-2-3-9(7-11)14(15)12-6-5-10(16)8-13(12)17/h2-8,14H,1H3. The molecule has 20 heavy (non-hydrogen) atoms. The Morgan fingerprint density at radius 2 is 1.80 bits per heavy atom. The summed E-state index contributed by atoms with van der Waals surface area (Å²) in [5, 5.41) is -0.891. The molecule has 2 rings (SSSR count). The largest absolute Gasteiger partial charge is 0.224 e. The smallest absolute Gasteiger partial charge is 0.175 e. The molecule has 2 aromatic rings. The first-order valence-electron chi connectivity index (χ1n) is 5.68. The fourth-order valence-electron chi connectivity index (χ4n) is 1.79. The fourth-order valence-corrected chi connectivity index (χ4v) is 2.78. The number of alkyl halides is 1. The molecule has 0 aliphatic carbocycles. The lowest BCUT2D eigenvalue weighted by Gasteiger charge is -2.12. The Morgan fingerprint density at radius 3 is 2.40 bits per heavy atom. The van der Waals surface area contributed by atoms with Crippen LogP contribution in [0.4, 0.5) is 8.78 Å². The van der Waals surface area contributed by atoms with Crippen LogP contribution in [0.25, 0.3) is 0 Å². The van der Waals surface area contributed by atoms with Gasteiger partial charge in [-0.2, -0.15) is 0 Å². The van der Waals surface area contributed by atoms with Crippen molar-refractivity contribution in [2.75, 3.05) is 6.26 Å². The van der Waals surface area contributed by atoms with Crippen LogP contribution < -0.4 is 0 Å². The molecule has 0 amide bonds. The molecule has 1 unspecified atom stereocenters. The molecule has 0 aliphatic heterocycles. The van der Waals surface area contributed by atoms with Crippen LogP contribution in [0.1, 0.15) is 16.5 Å². The van der Waals surface area contributed by atoms with Crippen LogP contribution in [-0.2, 0) is 9.84 Å². The highest BCUT2D eigenvalue weighted by Crippen LogP contribution is 2.31. The van der Waals surface area contributed by atoms with Crippen LogP contribution in [0.15, 0.2) is 47.4 Å². The molecule has 0 fully saturated rings.